The monoisotopic (exact) mass is 484 g/mol. The fraction of sp³-hybridized carbons (Fsp3) is 0.320. The predicted molar refractivity (Wildman–Crippen MR) is 121 cm³/mol. The lowest BCUT2D eigenvalue weighted by molar-refractivity contribution is -0.136. The minimum atomic E-state index is -4.61. The van der Waals surface area contributed by atoms with Crippen LogP contribution in [0.4, 0.5) is 13.2 Å². The number of pyridine rings is 2. The van der Waals surface area contributed by atoms with Gasteiger partial charge in [-0.2, -0.15) is 13.2 Å². The highest BCUT2D eigenvalue weighted by Gasteiger charge is 2.38. The van der Waals surface area contributed by atoms with Gasteiger partial charge in [0.2, 0.25) is 0 Å². The molecule has 9 heteroatoms. The number of benzene rings is 1. The Morgan fingerprint density at radius 2 is 1.85 bits per heavy atom. The van der Waals surface area contributed by atoms with Crippen molar-refractivity contribution in [3.63, 3.8) is 0 Å². The molecule has 0 spiro atoms. The van der Waals surface area contributed by atoms with Crippen LogP contribution in [0.2, 0.25) is 5.02 Å². The quantitative estimate of drug-likeness (QED) is 0.293. The molecule has 0 N–H and O–H groups in total. The van der Waals surface area contributed by atoms with Crippen molar-refractivity contribution in [2.75, 3.05) is 0 Å². The highest BCUT2D eigenvalue weighted by atomic mass is 35.5. The summed E-state index contributed by atoms with van der Waals surface area (Å²) in [6.45, 7) is 0. The van der Waals surface area contributed by atoms with Crippen LogP contribution in [-0.4, -0.2) is 19.6 Å². The Bertz CT molecular complexity index is 1390. The molecular formula is C25H20ClF3N4O. The number of aromatic nitrogens is 4. The number of hydrogen-bond acceptors (Lipinski definition) is 4. The van der Waals surface area contributed by atoms with Gasteiger partial charge in [-0.15, -0.1) is 10.2 Å². The smallest absolute Gasteiger partial charge is 0.420 e. The predicted octanol–water partition coefficient (Wildman–Crippen LogP) is 7.09. The molecule has 34 heavy (non-hydrogen) atoms. The van der Waals surface area contributed by atoms with E-state index in [1.165, 1.54) is 16.5 Å². The molecule has 5 nitrogen and oxygen atoms in total. The maximum absolute atomic E-state index is 14.2. The van der Waals surface area contributed by atoms with Crippen molar-refractivity contribution in [1.82, 2.24) is 19.6 Å². The highest BCUT2D eigenvalue weighted by Crippen LogP contribution is 2.43. The van der Waals surface area contributed by atoms with Crippen LogP contribution >= 0.6 is 11.6 Å². The van der Waals surface area contributed by atoms with Gasteiger partial charge in [0.05, 0.1) is 5.02 Å². The van der Waals surface area contributed by atoms with Gasteiger partial charge in [0.25, 0.3) is 0 Å². The van der Waals surface area contributed by atoms with E-state index in [4.69, 9.17) is 16.3 Å². The standard InChI is InChI=1S/C25H20ClF3N4O/c26-19-12-16(5-6-21(19)34-17-7-9-30-20(13-17)15-3-4-15)18-8-10-33-22(11-14-1-2-14)31-32-24(33)23(18)25(27,28)29/h5-10,12-15H,1-4,11H2. The van der Waals surface area contributed by atoms with Crippen LogP contribution in [0.3, 0.4) is 0 Å². The molecule has 2 aliphatic rings. The van der Waals surface area contributed by atoms with Crippen molar-refractivity contribution >= 4 is 17.2 Å². The lowest BCUT2D eigenvalue weighted by Gasteiger charge is -2.15. The summed E-state index contributed by atoms with van der Waals surface area (Å²) in [7, 11) is 0. The number of hydrogen-bond donors (Lipinski definition) is 0. The molecule has 3 heterocycles. The van der Waals surface area contributed by atoms with Gasteiger partial charge in [-0.05, 0) is 67.0 Å². The van der Waals surface area contributed by atoms with Crippen molar-refractivity contribution in [2.45, 2.75) is 44.2 Å². The van der Waals surface area contributed by atoms with Crippen LogP contribution < -0.4 is 4.74 Å². The number of rotatable bonds is 6. The van der Waals surface area contributed by atoms with Crippen molar-refractivity contribution in [2.24, 2.45) is 5.92 Å². The summed E-state index contributed by atoms with van der Waals surface area (Å²) in [5, 5.41) is 8.17. The molecule has 0 saturated heterocycles. The molecule has 0 bridgehead atoms. The Morgan fingerprint density at radius 1 is 1.03 bits per heavy atom. The molecular weight excluding hydrogens is 465 g/mol. The maximum Gasteiger partial charge on any atom is 0.420 e. The zero-order chi connectivity index (χ0) is 23.4. The zero-order valence-electron chi connectivity index (χ0n) is 18.0. The number of fused-ring (bicyclic) bond motifs is 1. The van der Waals surface area contributed by atoms with E-state index >= 15 is 0 Å². The van der Waals surface area contributed by atoms with Crippen LogP contribution in [0.1, 0.15) is 48.7 Å². The highest BCUT2D eigenvalue weighted by molar-refractivity contribution is 6.32. The minimum Gasteiger partial charge on any atom is -0.456 e. The fourth-order valence-electron chi connectivity index (χ4n) is 4.21. The Kier molecular flexibility index (Phi) is 5.02. The Labute approximate surface area is 198 Å². The third-order valence-electron chi connectivity index (χ3n) is 6.32. The van der Waals surface area contributed by atoms with E-state index < -0.39 is 11.7 Å². The van der Waals surface area contributed by atoms with E-state index in [-0.39, 0.29) is 16.2 Å². The second-order valence-corrected chi connectivity index (χ2v) is 9.40. The molecule has 3 aromatic heterocycles. The summed E-state index contributed by atoms with van der Waals surface area (Å²) in [6, 6.07) is 9.71. The third-order valence-corrected chi connectivity index (χ3v) is 6.62. The molecule has 0 atom stereocenters. The van der Waals surface area contributed by atoms with Crippen molar-refractivity contribution in [3.8, 4) is 22.6 Å². The van der Waals surface area contributed by atoms with E-state index in [1.807, 2.05) is 6.07 Å². The first-order valence-corrected chi connectivity index (χ1v) is 11.6. The molecule has 2 saturated carbocycles. The molecule has 4 aromatic rings. The molecule has 174 valence electrons. The van der Waals surface area contributed by atoms with Gasteiger partial charge >= 0.3 is 6.18 Å². The average molecular weight is 485 g/mol. The molecule has 0 aliphatic heterocycles. The summed E-state index contributed by atoms with van der Waals surface area (Å²) in [5.41, 5.74) is 0.285. The van der Waals surface area contributed by atoms with Gasteiger partial charge in [-0.3, -0.25) is 9.38 Å². The molecule has 0 radical (unpaired) electrons. The minimum absolute atomic E-state index is 0.00115. The molecule has 6 rings (SSSR count). The van der Waals surface area contributed by atoms with Gasteiger partial charge in [-0.1, -0.05) is 17.7 Å². The van der Waals surface area contributed by atoms with Crippen LogP contribution in [0.5, 0.6) is 11.5 Å². The Balaban J connectivity index is 1.36. The van der Waals surface area contributed by atoms with Gasteiger partial charge < -0.3 is 4.74 Å². The third kappa shape index (κ3) is 4.11. The van der Waals surface area contributed by atoms with Crippen LogP contribution in [0.25, 0.3) is 16.8 Å². The number of nitrogens with zero attached hydrogens (tertiary/aromatic N) is 4. The van der Waals surface area contributed by atoms with Crippen LogP contribution in [0, 0.1) is 5.92 Å². The largest absolute Gasteiger partial charge is 0.456 e. The lowest BCUT2D eigenvalue weighted by Crippen LogP contribution is -2.11. The zero-order valence-corrected chi connectivity index (χ0v) is 18.8. The number of alkyl halides is 3. The van der Waals surface area contributed by atoms with Crippen molar-refractivity contribution < 1.29 is 17.9 Å². The van der Waals surface area contributed by atoms with Gasteiger partial charge in [0, 0.05) is 36.5 Å². The van der Waals surface area contributed by atoms with Crippen molar-refractivity contribution in [1.29, 1.82) is 0 Å². The van der Waals surface area contributed by atoms with Gasteiger partial charge in [-0.25, -0.2) is 0 Å². The van der Waals surface area contributed by atoms with Gasteiger partial charge in [0.15, 0.2) is 5.65 Å². The molecule has 0 unspecified atom stereocenters. The lowest BCUT2D eigenvalue weighted by atomic mass is 10.0. The Morgan fingerprint density at radius 3 is 2.56 bits per heavy atom. The topological polar surface area (TPSA) is 52.3 Å². The summed E-state index contributed by atoms with van der Waals surface area (Å²) >= 11 is 6.44. The van der Waals surface area contributed by atoms with Gasteiger partial charge in [0.1, 0.15) is 22.9 Å². The SMILES string of the molecule is FC(F)(F)c1c(-c2ccc(Oc3ccnc(C4CC4)c3)c(Cl)c2)ccn2c(CC3CC3)nnc12. The first-order valence-electron chi connectivity index (χ1n) is 11.2. The average Bonchev–Trinajstić information content (AvgIpc) is 3.73. The Hall–Kier alpha value is -3.13. The first-order chi connectivity index (χ1) is 16.4. The summed E-state index contributed by atoms with van der Waals surface area (Å²) < 4.78 is 49.9. The maximum atomic E-state index is 14.2. The van der Waals surface area contributed by atoms with E-state index in [0.717, 1.165) is 31.4 Å². The summed E-state index contributed by atoms with van der Waals surface area (Å²) in [5.74, 6) is 2.46. The van der Waals surface area contributed by atoms with E-state index in [0.29, 0.717) is 41.1 Å². The number of halogens is 4. The number of ether oxygens (including phenoxy) is 1. The van der Waals surface area contributed by atoms with E-state index in [9.17, 15) is 13.2 Å². The normalized spacial score (nSPS) is 16.2. The molecule has 2 aliphatic carbocycles. The molecule has 0 amide bonds. The fourth-order valence-corrected chi connectivity index (χ4v) is 4.43. The van der Waals surface area contributed by atoms with E-state index in [1.54, 1.807) is 30.6 Å². The van der Waals surface area contributed by atoms with E-state index in [2.05, 4.69) is 15.2 Å². The first kappa shape index (κ1) is 21.4. The molecule has 1 aromatic carbocycles. The summed E-state index contributed by atoms with van der Waals surface area (Å²) in [4.78, 5) is 4.37. The summed E-state index contributed by atoms with van der Waals surface area (Å²) in [6.07, 6.45) is 3.70. The second kappa shape index (κ2) is 7.98. The van der Waals surface area contributed by atoms with Crippen LogP contribution in [0.15, 0.2) is 48.8 Å². The second-order valence-electron chi connectivity index (χ2n) is 9.00. The van der Waals surface area contributed by atoms with Crippen molar-refractivity contribution in [3.05, 3.63) is 70.9 Å². The molecule has 2 fully saturated rings. The van der Waals surface area contributed by atoms with Crippen LogP contribution in [-0.2, 0) is 12.6 Å².